The number of benzene rings is 1. The van der Waals surface area contributed by atoms with E-state index in [2.05, 4.69) is 17.4 Å². The van der Waals surface area contributed by atoms with Gasteiger partial charge < -0.3 is 0 Å². The van der Waals surface area contributed by atoms with Crippen LogP contribution in [0.2, 0.25) is 0 Å². The fourth-order valence-electron chi connectivity index (χ4n) is 0.789. The van der Waals surface area contributed by atoms with Crippen molar-refractivity contribution in [3.05, 3.63) is 35.9 Å². The van der Waals surface area contributed by atoms with Gasteiger partial charge in [-0.2, -0.15) is 0 Å². The number of rotatable bonds is 2. The van der Waals surface area contributed by atoms with Crippen molar-refractivity contribution in [3.8, 4) is 0 Å². The molecule has 0 saturated carbocycles. The summed E-state index contributed by atoms with van der Waals surface area (Å²) in [5.74, 6) is 0. The Morgan fingerprint density at radius 3 is 2.45 bits per heavy atom. The third-order valence-corrected chi connectivity index (χ3v) is 4.06. The van der Waals surface area contributed by atoms with Crippen LogP contribution in [0.15, 0.2) is 30.3 Å². The minimum absolute atomic E-state index is 0.480. The fourth-order valence-corrected chi connectivity index (χ4v) is 2.79. The SMILES string of the molecule is CN[C](=[Ir][Cl])c1ccccc1. The third kappa shape index (κ3) is 2.49. The van der Waals surface area contributed by atoms with E-state index in [1.54, 1.807) is 0 Å². The van der Waals surface area contributed by atoms with Crippen molar-refractivity contribution in [3.63, 3.8) is 0 Å². The second-order valence-corrected chi connectivity index (χ2v) is 4.65. The van der Waals surface area contributed by atoms with E-state index in [1.807, 2.05) is 25.2 Å². The zero-order valence-electron chi connectivity index (χ0n) is 6.10. The molecule has 0 aliphatic rings. The normalized spacial score (nSPS) is 13.1. The van der Waals surface area contributed by atoms with Crippen molar-refractivity contribution in [1.29, 1.82) is 0 Å². The molecule has 1 nitrogen and oxygen atoms in total. The Kier molecular flexibility index (Phi) is 3.95. The van der Waals surface area contributed by atoms with Gasteiger partial charge >= 0.3 is 78.2 Å². The molecule has 1 N–H and O–H groups in total. The summed E-state index contributed by atoms with van der Waals surface area (Å²) < 4.78 is 1.19. The first-order valence-corrected chi connectivity index (χ1v) is 7.37. The fraction of sp³-hybridized carbons (Fsp3) is 0.125. The molecule has 62 valence electrons. The van der Waals surface area contributed by atoms with Crippen LogP contribution in [-0.2, 0) is 16.2 Å². The molecule has 0 saturated heterocycles. The van der Waals surface area contributed by atoms with Crippen LogP contribution in [0.5, 0.6) is 0 Å². The van der Waals surface area contributed by atoms with Gasteiger partial charge in [0.15, 0.2) is 0 Å². The number of hydrogen-bond donors (Lipinski definition) is 1. The number of hydrogen-bond acceptors (Lipinski definition) is 1. The summed E-state index contributed by atoms with van der Waals surface area (Å²) in [7, 11) is 7.74. The van der Waals surface area contributed by atoms with Crippen LogP contribution >= 0.6 is 9.58 Å². The molecule has 0 bridgehead atoms. The summed E-state index contributed by atoms with van der Waals surface area (Å²) in [4.78, 5) is 0. The van der Waals surface area contributed by atoms with Crippen molar-refractivity contribution in [2.75, 3.05) is 7.05 Å². The van der Waals surface area contributed by atoms with Crippen LogP contribution in [0.1, 0.15) is 5.56 Å². The quantitative estimate of drug-likeness (QED) is 0.858. The van der Waals surface area contributed by atoms with Crippen LogP contribution in [0.3, 0.4) is 0 Å². The maximum atomic E-state index is 5.83. The van der Waals surface area contributed by atoms with Crippen molar-refractivity contribution < 1.29 is 16.2 Å². The Morgan fingerprint density at radius 1 is 1.36 bits per heavy atom. The molecule has 0 radical (unpaired) electrons. The average Bonchev–Trinajstić information content (AvgIpc) is 2.09. The molecule has 0 unspecified atom stereocenters. The molecule has 0 aromatic heterocycles. The van der Waals surface area contributed by atoms with Crippen LogP contribution in [-0.4, -0.2) is 11.2 Å². The average molecular weight is 347 g/mol. The Hall–Kier alpha value is -0.0106. The van der Waals surface area contributed by atoms with Crippen LogP contribution in [0, 0.1) is 0 Å². The molecule has 0 aliphatic heterocycles. The molecular formula is C8H9ClIrN. The van der Waals surface area contributed by atoms with Gasteiger partial charge in [0, 0.05) is 0 Å². The molecule has 0 atom stereocenters. The zero-order chi connectivity index (χ0) is 8.10. The second kappa shape index (κ2) is 4.78. The van der Waals surface area contributed by atoms with E-state index in [0.717, 1.165) is 0 Å². The van der Waals surface area contributed by atoms with Gasteiger partial charge in [-0.3, -0.25) is 0 Å². The molecule has 1 aromatic rings. The zero-order valence-corrected chi connectivity index (χ0v) is 9.25. The van der Waals surface area contributed by atoms with Crippen LogP contribution in [0.4, 0.5) is 0 Å². The summed E-state index contributed by atoms with van der Waals surface area (Å²) in [6, 6.07) is 10.2. The molecule has 0 heterocycles. The topological polar surface area (TPSA) is 12.0 Å². The third-order valence-electron chi connectivity index (χ3n) is 1.29. The molecule has 0 spiro atoms. The van der Waals surface area contributed by atoms with Gasteiger partial charge in [-0.1, -0.05) is 0 Å². The Labute approximate surface area is 78.2 Å². The Balaban J connectivity index is 2.92. The minimum atomic E-state index is -0.480. The van der Waals surface area contributed by atoms with E-state index >= 15 is 0 Å². The molecule has 11 heavy (non-hydrogen) atoms. The van der Waals surface area contributed by atoms with E-state index in [4.69, 9.17) is 9.58 Å². The van der Waals surface area contributed by atoms with Crippen LogP contribution < -0.4 is 5.32 Å². The summed E-state index contributed by atoms with van der Waals surface area (Å²) in [6.45, 7) is 0. The van der Waals surface area contributed by atoms with E-state index in [9.17, 15) is 0 Å². The van der Waals surface area contributed by atoms with Gasteiger partial charge in [-0.25, -0.2) is 0 Å². The van der Waals surface area contributed by atoms with Crippen molar-refractivity contribution >= 4 is 13.7 Å². The summed E-state index contributed by atoms with van der Waals surface area (Å²) in [6.07, 6.45) is 0. The van der Waals surface area contributed by atoms with Crippen molar-refractivity contribution in [2.24, 2.45) is 0 Å². The standard InChI is InChI=1S/C8H9N.ClH.Ir/c1-9-7-8-5-3-2-4-6-8;;/h2-6,9H,1H3;1H;/q;;+1/p-1. The van der Waals surface area contributed by atoms with Crippen molar-refractivity contribution in [1.82, 2.24) is 5.32 Å². The molecule has 3 heteroatoms. The van der Waals surface area contributed by atoms with Gasteiger partial charge in [0.05, 0.1) is 0 Å². The summed E-state index contributed by atoms with van der Waals surface area (Å²) >= 11 is -0.480. The van der Waals surface area contributed by atoms with Gasteiger partial charge in [-0.15, -0.1) is 0 Å². The van der Waals surface area contributed by atoms with Gasteiger partial charge in [0.2, 0.25) is 0 Å². The summed E-state index contributed by atoms with van der Waals surface area (Å²) in [5.41, 5.74) is 1.21. The first kappa shape index (κ1) is 9.08. The molecule has 1 rings (SSSR count). The number of nitrogens with one attached hydrogen (secondary N) is 1. The Morgan fingerprint density at radius 2 is 2.00 bits per heavy atom. The first-order chi connectivity index (χ1) is 5.38. The van der Waals surface area contributed by atoms with E-state index in [1.165, 1.54) is 9.71 Å². The Bertz CT molecular complexity index is 246. The van der Waals surface area contributed by atoms with Gasteiger partial charge in [0.25, 0.3) is 0 Å². The van der Waals surface area contributed by atoms with Crippen LogP contribution in [0.25, 0.3) is 0 Å². The molecule has 1 aromatic carbocycles. The predicted molar refractivity (Wildman–Crippen MR) is 45.5 cm³/mol. The van der Waals surface area contributed by atoms with E-state index in [0.29, 0.717) is 0 Å². The summed E-state index contributed by atoms with van der Waals surface area (Å²) in [5, 5.41) is 3.11. The van der Waals surface area contributed by atoms with E-state index < -0.39 is 16.2 Å². The van der Waals surface area contributed by atoms with E-state index in [-0.39, 0.29) is 0 Å². The van der Waals surface area contributed by atoms with Gasteiger partial charge in [0.1, 0.15) is 0 Å². The predicted octanol–water partition coefficient (Wildman–Crippen LogP) is 1.62. The first-order valence-electron chi connectivity index (χ1n) is 3.20. The maximum absolute atomic E-state index is 5.83. The molecule has 0 aliphatic carbocycles. The van der Waals surface area contributed by atoms with Gasteiger partial charge in [-0.05, 0) is 0 Å². The monoisotopic (exact) mass is 347 g/mol. The molecule has 0 fully saturated rings. The van der Waals surface area contributed by atoms with Crippen molar-refractivity contribution in [2.45, 2.75) is 0 Å². The molecular weight excluding hydrogens is 338 g/mol. The molecule has 0 amide bonds. The second-order valence-electron chi connectivity index (χ2n) is 1.97. The number of halogens is 1.